The first kappa shape index (κ1) is 5.07. The van der Waals surface area contributed by atoms with Crippen LogP contribution in [0.4, 0.5) is 4.39 Å². The predicted octanol–water partition coefficient (Wildman–Crippen LogP) is 1.92. The van der Waals surface area contributed by atoms with Crippen molar-refractivity contribution in [2.45, 2.75) is 25.4 Å². The van der Waals surface area contributed by atoms with Crippen LogP contribution >= 0.6 is 0 Å². The molecule has 0 aromatic rings. The quantitative estimate of drug-likeness (QED) is 0.436. The second kappa shape index (κ2) is 2.29. The molecule has 0 aromatic heterocycles. The van der Waals surface area contributed by atoms with E-state index in [0.29, 0.717) is 6.42 Å². The van der Waals surface area contributed by atoms with Crippen LogP contribution in [0.1, 0.15) is 19.3 Å². The number of alkyl halides is 1. The standard InChI is InChI=1S/C6H9F/c7-6-4-2-1-3-5-6/h2,5-6H,1,3-4H2. The molecule has 1 saturated carbocycles. The van der Waals surface area contributed by atoms with E-state index in [1.165, 1.54) is 0 Å². The highest BCUT2D eigenvalue weighted by molar-refractivity contribution is 4.88. The SMILES string of the molecule is FC1[CH]CC[CH]C1. The summed E-state index contributed by atoms with van der Waals surface area (Å²) in [5.74, 6) is 0. The van der Waals surface area contributed by atoms with E-state index in [2.05, 4.69) is 0 Å². The minimum atomic E-state index is -0.645. The van der Waals surface area contributed by atoms with Crippen molar-refractivity contribution >= 4 is 0 Å². The first-order valence-corrected chi connectivity index (χ1v) is 2.68. The molecule has 0 amide bonds. The van der Waals surface area contributed by atoms with Crippen LogP contribution in [0.5, 0.6) is 0 Å². The van der Waals surface area contributed by atoms with Crippen molar-refractivity contribution in [1.82, 2.24) is 0 Å². The Balaban J connectivity index is 2.12. The normalized spacial score (nSPS) is 25.3. The first-order valence-electron chi connectivity index (χ1n) is 2.68. The molecule has 0 saturated heterocycles. The number of hydrogen-bond acceptors (Lipinski definition) is 0. The van der Waals surface area contributed by atoms with Gasteiger partial charge >= 0.3 is 0 Å². The van der Waals surface area contributed by atoms with Crippen LogP contribution < -0.4 is 0 Å². The van der Waals surface area contributed by atoms with E-state index in [4.69, 9.17) is 0 Å². The minimum Gasteiger partial charge on any atom is -0.247 e. The Morgan fingerprint density at radius 3 is 2.57 bits per heavy atom. The molecule has 0 nitrogen and oxygen atoms in total. The van der Waals surface area contributed by atoms with Crippen molar-refractivity contribution in [3.63, 3.8) is 0 Å². The molecule has 7 heavy (non-hydrogen) atoms. The van der Waals surface area contributed by atoms with E-state index < -0.39 is 6.17 Å². The van der Waals surface area contributed by atoms with Gasteiger partial charge in [-0.05, 0) is 32.1 Å². The van der Waals surface area contributed by atoms with Gasteiger partial charge in [-0.25, -0.2) is 4.39 Å². The fourth-order valence-electron chi connectivity index (χ4n) is 0.768. The predicted molar refractivity (Wildman–Crippen MR) is 27.3 cm³/mol. The Bertz CT molecular complexity index is 46.1. The Kier molecular flexibility index (Phi) is 1.66. The third-order valence-electron chi connectivity index (χ3n) is 1.19. The van der Waals surface area contributed by atoms with Gasteiger partial charge in [-0.2, -0.15) is 0 Å². The van der Waals surface area contributed by atoms with Gasteiger partial charge in [0.15, 0.2) is 0 Å². The van der Waals surface area contributed by atoms with E-state index in [1.54, 1.807) is 6.42 Å². The summed E-state index contributed by atoms with van der Waals surface area (Å²) in [7, 11) is 0. The van der Waals surface area contributed by atoms with Crippen LogP contribution in [-0.4, -0.2) is 6.17 Å². The Morgan fingerprint density at radius 2 is 2.29 bits per heavy atom. The molecule has 1 unspecified atom stereocenters. The summed E-state index contributed by atoms with van der Waals surface area (Å²) in [5.41, 5.74) is 0. The van der Waals surface area contributed by atoms with E-state index in [0.717, 1.165) is 12.8 Å². The second-order valence-corrected chi connectivity index (χ2v) is 1.85. The third kappa shape index (κ3) is 1.46. The van der Waals surface area contributed by atoms with Gasteiger partial charge in [-0.1, -0.05) is 0 Å². The zero-order valence-electron chi connectivity index (χ0n) is 4.23. The molecular formula is C6H9F. The molecule has 1 aliphatic carbocycles. The lowest BCUT2D eigenvalue weighted by Crippen LogP contribution is -2.06. The summed E-state index contributed by atoms with van der Waals surface area (Å²) in [6.07, 6.45) is 5.74. The largest absolute Gasteiger partial charge is 0.247 e. The van der Waals surface area contributed by atoms with Crippen molar-refractivity contribution in [1.29, 1.82) is 0 Å². The van der Waals surface area contributed by atoms with Gasteiger partial charge in [0.25, 0.3) is 0 Å². The van der Waals surface area contributed by atoms with Crippen molar-refractivity contribution < 1.29 is 4.39 Å². The van der Waals surface area contributed by atoms with Crippen LogP contribution in [0.3, 0.4) is 0 Å². The smallest absolute Gasteiger partial charge is 0.104 e. The van der Waals surface area contributed by atoms with Crippen LogP contribution in [0.2, 0.25) is 0 Å². The number of rotatable bonds is 0. The monoisotopic (exact) mass is 100 g/mol. The molecule has 0 spiro atoms. The second-order valence-electron chi connectivity index (χ2n) is 1.85. The zero-order valence-corrected chi connectivity index (χ0v) is 4.23. The molecule has 0 aliphatic heterocycles. The molecule has 1 aliphatic rings. The molecule has 1 fully saturated rings. The molecule has 0 heterocycles. The Morgan fingerprint density at radius 1 is 1.43 bits per heavy atom. The highest BCUT2D eigenvalue weighted by atomic mass is 19.1. The first-order chi connectivity index (χ1) is 3.39. The van der Waals surface area contributed by atoms with Crippen LogP contribution in [0.15, 0.2) is 0 Å². The molecular weight excluding hydrogens is 91.1 g/mol. The molecule has 0 bridgehead atoms. The van der Waals surface area contributed by atoms with Gasteiger partial charge in [0.1, 0.15) is 6.17 Å². The summed E-state index contributed by atoms with van der Waals surface area (Å²) in [4.78, 5) is 0. The summed E-state index contributed by atoms with van der Waals surface area (Å²) >= 11 is 0. The summed E-state index contributed by atoms with van der Waals surface area (Å²) in [6, 6.07) is 0. The van der Waals surface area contributed by atoms with Gasteiger partial charge in [-0.15, -0.1) is 0 Å². The summed E-state index contributed by atoms with van der Waals surface area (Å²) < 4.78 is 12.1. The van der Waals surface area contributed by atoms with Crippen LogP contribution in [-0.2, 0) is 0 Å². The number of hydrogen-bond donors (Lipinski definition) is 0. The molecule has 1 atom stereocenters. The van der Waals surface area contributed by atoms with Crippen LogP contribution in [0.25, 0.3) is 0 Å². The topological polar surface area (TPSA) is 0 Å². The lowest BCUT2D eigenvalue weighted by Gasteiger charge is -2.11. The van der Waals surface area contributed by atoms with Gasteiger partial charge in [0, 0.05) is 0 Å². The van der Waals surface area contributed by atoms with Crippen molar-refractivity contribution in [3.8, 4) is 0 Å². The molecule has 40 valence electrons. The molecule has 1 heteroatoms. The Hall–Kier alpha value is -0.0700. The van der Waals surface area contributed by atoms with Gasteiger partial charge < -0.3 is 0 Å². The van der Waals surface area contributed by atoms with E-state index in [-0.39, 0.29) is 0 Å². The zero-order chi connectivity index (χ0) is 5.11. The highest BCUT2D eigenvalue weighted by Gasteiger charge is 2.10. The van der Waals surface area contributed by atoms with E-state index >= 15 is 0 Å². The van der Waals surface area contributed by atoms with Crippen molar-refractivity contribution in [3.05, 3.63) is 12.8 Å². The lowest BCUT2D eigenvalue weighted by molar-refractivity contribution is 0.344. The molecule has 1 rings (SSSR count). The third-order valence-corrected chi connectivity index (χ3v) is 1.19. The molecule has 0 aromatic carbocycles. The molecule has 2 radical (unpaired) electrons. The number of halogens is 1. The molecule has 0 N–H and O–H groups in total. The fourth-order valence-corrected chi connectivity index (χ4v) is 0.768. The van der Waals surface area contributed by atoms with Crippen molar-refractivity contribution in [2.75, 3.05) is 0 Å². The van der Waals surface area contributed by atoms with E-state index in [9.17, 15) is 4.39 Å². The fraction of sp³-hybridized carbons (Fsp3) is 0.667. The average molecular weight is 100 g/mol. The van der Waals surface area contributed by atoms with Gasteiger partial charge in [0.2, 0.25) is 0 Å². The maximum Gasteiger partial charge on any atom is 0.104 e. The maximum atomic E-state index is 12.1. The van der Waals surface area contributed by atoms with Crippen LogP contribution in [0, 0.1) is 12.8 Å². The summed E-state index contributed by atoms with van der Waals surface area (Å²) in [6.45, 7) is 0. The minimum absolute atomic E-state index is 0.639. The van der Waals surface area contributed by atoms with E-state index in [1.807, 2.05) is 6.42 Å². The maximum absolute atomic E-state index is 12.1. The lowest BCUT2D eigenvalue weighted by atomic mass is 9.99. The van der Waals surface area contributed by atoms with Crippen molar-refractivity contribution in [2.24, 2.45) is 0 Å². The summed E-state index contributed by atoms with van der Waals surface area (Å²) in [5, 5.41) is 0. The average Bonchev–Trinajstić information content (AvgIpc) is 1.69. The van der Waals surface area contributed by atoms with Gasteiger partial charge in [0.05, 0.1) is 0 Å². The Labute approximate surface area is 43.7 Å². The van der Waals surface area contributed by atoms with Gasteiger partial charge in [-0.3, -0.25) is 0 Å². The highest BCUT2D eigenvalue weighted by Crippen LogP contribution is 2.17.